The molecule has 0 spiro atoms. The van der Waals surface area contributed by atoms with Gasteiger partial charge in [0.1, 0.15) is 0 Å². The first-order valence-corrected chi connectivity index (χ1v) is 5.51. The van der Waals surface area contributed by atoms with Gasteiger partial charge in [0.25, 0.3) is 0 Å². The summed E-state index contributed by atoms with van der Waals surface area (Å²) in [4.78, 5) is 0. The lowest BCUT2D eigenvalue weighted by atomic mass is 10.0. The largest absolute Gasteiger partial charge is 0.381 e. The molecular weight excluding hydrogens is 194 g/mol. The topological polar surface area (TPSA) is 12.0 Å². The molecule has 1 nitrogen and oxygen atoms in total. The lowest BCUT2D eigenvalue weighted by Gasteiger charge is -2.22. The van der Waals surface area contributed by atoms with Crippen molar-refractivity contribution < 1.29 is 0 Å². The van der Waals surface area contributed by atoms with Crippen molar-refractivity contribution in [2.75, 3.05) is 5.32 Å². The highest BCUT2D eigenvalue weighted by Gasteiger charge is 2.42. The van der Waals surface area contributed by atoms with E-state index < -0.39 is 0 Å². The van der Waals surface area contributed by atoms with E-state index in [4.69, 9.17) is 11.6 Å². The fourth-order valence-electron chi connectivity index (χ4n) is 1.62. The smallest absolute Gasteiger partial charge is 0.0637 e. The van der Waals surface area contributed by atoms with E-state index in [-0.39, 0.29) is 0 Å². The van der Waals surface area contributed by atoms with Crippen LogP contribution < -0.4 is 5.32 Å². The van der Waals surface area contributed by atoms with Gasteiger partial charge in [-0.1, -0.05) is 30.7 Å². The Kier molecular flexibility index (Phi) is 2.44. The molecule has 1 aliphatic rings. The number of para-hydroxylation sites is 1. The van der Waals surface area contributed by atoms with Gasteiger partial charge in [-0.25, -0.2) is 0 Å². The van der Waals surface area contributed by atoms with E-state index in [9.17, 15) is 0 Å². The third kappa shape index (κ3) is 1.88. The second-order valence-electron chi connectivity index (χ2n) is 4.50. The molecular formula is C12H16ClN. The predicted molar refractivity (Wildman–Crippen MR) is 61.9 cm³/mol. The fourth-order valence-corrected chi connectivity index (χ4v) is 1.81. The Morgan fingerprint density at radius 3 is 2.57 bits per heavy atom. The van der Waals surface area contributed by atoms with Crippen molar-refractivity contribution in [2.24, 2.45) is 5.41 Å². The Labute approximate surface area is 90.5 Å². The van der Waals surface area contributed by atoms with Crippen molar-refractivity contribution in [3.8, 4) is 0 Å². The van der Waals surface area contributed by atoms with Crippen LogP contribution >= 0.6 is 11.6 Å². The maximum Gasteiger partial charge on any atom is 0.0637 e. The standard InChI is InChI=1S/C12H16ClN/c1-9(12(2)7-8-12)14-11-6-4-3-5-10(11)13/h3-6,9,14H,7-8H2,1-2H3. The van der Waals surface area contributed by atoms with Crippen LogP contribution in [-0.2, 0) is 0 Å². The first kappa shape index (κ1) is 9.85. The summed E-state index contributed by atoms with van der Waals surface area (Å²) in [6, 6.07) is 8.42. The van der Waals surface area contributed by atoms with Gasteiger partial charge in [-0.15, -0.1) is 0 Å². The van der Waals surface area contributed by atoms with E-state index in [0.29, 0.717) is 11.5 Å². The van der Waals surface area contributed by atoms with Gasteiger partial charge in [0.15, 0.2) is 0 Å². The Morgan fingerprint density at radius 2 is 2.00 bits per heavy atom. The SMILES string of the molecule is CC(Nc1ccccc1Cl)C1(C)CC1. The minimum Gasteiger partial charge on any atom is -0.381 e. The normalized spacial score (nSPS) is 20.2. The molecule has 76 valence electrons. The Bertz CT molecular complexity index is 331. The molecule has 0 aromatic heterocycles. The van der Waals surface area contributed by atoms with E-state index >= 15 is 0 Å². The molecule has 2 heteroatoms. The Hall–Kier alpha value is -0.690. The third-order valence-corrected chi connectivity index (χ3v) is 3.66. The van der Waals surface area contributed by atoms with Crippen LogP contribution in [0.2, 0.25) is 5.02 Å². The zero-order chi connectivity index (χ0) is 10.2. The van der Waals surface area contributed by atoms with Crippen LogP contribution in [0, 0.1) is 5.41 Å². The minimum atomic E-state index is 0.485. The van der Waals surface area contributed by atoms with Gasteiger partial charge >= 0.3 is 0 Å². The first-order chi connectivity index (χ1) is 6.62. The Balaban J connectivity index is 2.07. The lowest BCUT2D eigenvalue weighted by molar-refractivity contribution is 0.493. The lowest BCUT2D eigenvalue weighted by Crippen LogP contribution is -2.24. The second-order valence-corrected chi connectivity index (χ2v) is 4.91. The summed E-state index contributed by atoms with van der Waals surface area (Å²) in [6.45, 7) is 4.55. The average molecular weight is 210 g/mol. The maximum atomic E-state index is 6.08. The van der Waals surface area contributed by atoms with Gasteiger partial charge in [0, 0.05) is 6.04 Å². The van der Waals surface area contributed by atoms with Crippen LogP contribution in [0.4, 0.5) is 5.69 Å². The molecule has 0 amide bonds. The minimum absolute atomic E-state index is 0.485. The molecule has 1 aliphatic carbocycles. The molecule has 0 aliphatic heterocycles. The fraction of sp³-hybridized carbons (Fsp3) is 0.500. The van der Waals surface area contributed by atoms with Gasteiger partial charge in [0.2, 0.25) is 0 Å². The van der Waals surface area contributed by atoms with E-state index in [1.165, 1.54) is 12.8 Å². The number of halogens is 1. The Morgan fingerprint density at radius 1 is 1.36 bits per heavy atom. The van der Waals surface area contributed by atoms with Crippen LogP contribution in [-0.4, -0.2) is 6.04 Å². The summed E-state index contributed by atoms with van der Waals surface area (Å²) in [5, 5.41) is 4.29. The van der Waals surface area contributed by atoms with E-state index in [0.717, 1.165) is 10.7 Å². The van der Waals surface area contributed by atoms with Crippen LogP contribution in [0.3, 0.4) is 0 Å². The molecule has 14 heavy (non-hydrogen) atoms. The van der Waals surface area contributed by atoms with Crippen LogP contribution in [0.5, 0.6) is 0 Å². The summed E-state index contributed by atoms with van der Waals surface area (Å²) in [5.41, 5.74) is 1.54. The average Bonchev–Trinajstić information content (AvgIpc) is 2.89. The van der Waals surface area contributed by atoms with Crippen molar-refractivity contribution in [1.29, 1.82) is 0 Å². The molecule has 1 unspecified atom stereocenters. The summed E-state index contributed by atoms with van der Waals surface area (Å²) in [5.74, 6) is 0. The second kappa shape index (κ2) is 3.47. The van der Waals surface area contributed by atoms with E-state index in [1.807, 2.05) is 24.3 Å². The number of benzene rings is 1. The number of hydrogen-bond acceptors (Lipinski definition) is 1. The molecule has 1 aromatic rings. The summed E-state index contributed by atoms with van der Waals surface area (Å²) < 4.78 is 0. The molecule has 2 rings (SSSR count). The summed E-state index contributed by atoms with van der Waals surface area (Å²) >= 11 is 6.08. The van der Waals surface area contributed by atoms with Crippen LogP contribution in [0.15, 0.2) is 24.3 Å². The number of nitrogens with one attached hydrogen (secondary N) is 1. The van der Waals surface area contributed by atoms with Gasteiger partial charge < -0.3 is 5.32 Å². The first-order valence-electron chi connectivity index (χ1n) is 5.13. The molecule has 0 radical (unpaired) electrons. The molecule has 1 aromatic carbocycles. The molecule has 1 saturated carbocycles. The predicted octanol–water partition coefficient (Wildman–Crippen LogP) is 3.94. The molecule has 0 heterocycles. The third-order valence-electron chi connectivity index (χ3n) is 3.33. The highest BCUT2D eigenvalue weighted by atomic mass is 35.5. The quantitative estimate of drug-likeness (QED) is 0.795. The van der Waals surface area contributed by atoms with Gasteiger partial charge in [-0.05, 0) is 37.3 Å². The monoisotopic (exact) mass is 209 g/mol. The summed E-state index contributed by atoms with van der Waals surface area (Å²) in [7, 11) is 0. The molecule has 1 N–H and O–H groups in total. The molecule has 0 bridgehead atoms. The van der Waals surface area contributed by atoms with Gasteiger partial charge in [-0.3, -0.25) is 0 Å². The van der Waals surface area contributed by atoms with Crippen LogP contribution in [0.1, 0.15) is 26.7 Å². The van der Waals surface area contributed by atoms with E-state index in [1.54, 1.807) is 0 Å². The van der Waals surface area contributed by atoms with Gasteiger partial charge in [0.05, 0.1) is 10.7 Å². The number of rotatable bonds is 3. The van der Waals surface area contributed by atoms with Crippen molar-refractivity contribution >= 4 is 17.3 Å². The molecule has 0 saturated heterocycles. The molecule has 1 atom stereocenters. The molecule has 1 fully saturated rings. The van der Waals surface area contributed by atoms with Crippen molar-refractivity contribution in [3.63, 3.8) is 0 Å². The zero-order valence-corrected chi connectivity index (χ0v) is 9.43. The van der Waals surface area contributed by atoms with Gasteiger partial charge in [-0.2, -0.15) is 0 Å². The van der Waals surface area contributed by atoms with E-state index in [2.05, 4.69) is 19.2 Å². The highest BCUT2D eigenvalue weighted by molar-refractivity contribution is 6.33. The van der Waals surface area contributed by atoms with Crippen molar-refractivity contribution in [2.45, 2.75) is 32.7 Å². The summed E-state index contributed by atoms with van der Waals surface area (Å²) in [6.07, 6.45) is 2.65. The van der Waals surface area contributed by atoms with Crippen molar-refractivity contribution in [3.05, 3.63) is 29.3 Å². The zero-order valence-electron chi connectivity index (χ0n) is 8.68. The highest BCUT2D eigenvalue weighted by Crippen LogP contribution is 2.49. The van der Waals surface area contributed by atoms with Crippen molar-refractivity contribution in [1.82, 2.24) is 0 Å². The number of hydrogen-bond donors (Lipinski definition) is 1. The van der Waals surface area contributed by atoms with Crippen LogP contribution in [0.25, 0.3) is 0 Å². The maximum absolute atomic E-state index is 6.08. The number of anilines is 1.